The summed E-state index contributed by atoms with van der Waals surface area (Å²) in [5.74, 6) is 0. The minimum absolute atomic E-state index is 0.233. The van der Waals surface area contributed by atoms with Crippen LogP contribution in [0.2, 0.25) is 0 Å². The van der Waals surface area contributed by atoms with Crippen LogP contribution in [0.4, 0.5) is 0 Å². The van der Waals surface area contributed by atoms with Crippen molar-refractivity contribution in [3.05, 3.63) is 35.9 Å². The second-order valence-corrected chi connectivity index (χ2v) is 4.20. The highest BCUT2D eigenvalue weighted by Gasteiger charge is 2.26. The molecule has 15 heavy (non-hydrogen) atoms. The lowest BCUT2D eigenvalue weighted by atomic mass is 9.99. The van der Waals surface area contributed by atoms with Crippen molar-refractivity contribution in [1.82, 2.24) is 0 Å². The Hall–Kier alpha value is -0.900. The molecule has 82 valence electrons. The van der Waals surface area contributed by atoms with E-state index in [2.05, 4.69) is 0 Å². The average molecular weight is 208 g/mol. The molecule has 1 saturated heterocycles. The van der Waals surface area contributed by atoms with E-state index in [1.54, 1.807) is 0 Å². The third-order valence-corrected chi connectivity index (χ3v) is 2.39. The van der Waals surface area contributed by atoms with Gasteiger partial charge in [0.2, 0.25) is 0 Å². The summed E-state index contributed by atoms with van der Waals surface area (Å²) in [6.07, 6.45) is 0.233. The fourth-order valence-corrected chi connectivity index (χ4v) is 1.31. The van der Waals surface area contributed by atoms with Gasteiger partial charge in [-0.3, -0.25) is 0 Å². The monoisotopic (exact) mass is 208 g/mol. The van der Waals surface area contributed by atoms with Crippen LogP contribution in [0, 0.1) is 0 Å². The Balaban J connectivity index is 1.87. The van der Waals surface area contributed by atoms with Crippen LogP contribution in [-0.2, 0) is 20.1 Å². The van der Waals surface area contributed by atoms with E-state index in [4.69, 9.17) is 14.5 Å². The lowest BCUT2D eigenvalue weighted by Gasteiger charge is -2.23. The number of ether oxygens (including phenoxy) is 1. The van der Waals surface area contributed by atoms with Crippen LogP contribution < -0.4 is 0 Å². The lowest BCUT2D eigenvalue weighted by molar-refractivity contribution is -0.359. The molecule has 1 aromatic carbocycles. The van der Waals surface area contributed by atoms with Crippen LogP contribution in [0.1, 0.15) is 19.4 Å². The zero-order valence-corrected chi connectivity index (χ0v) is 9.10. The number of epoxide rings is 1. The first-order valence-electron chi connectivity index (χ1n) is 5.16. The molecule has 1 aliphatic heterocycles. The highest BCUT2D eigenvalue weighted by Crippen LogP contribution is 2.25. The summed E-state index contributed by atoms with van der Waals surface area (Å²) < 4.78 is 5.02. The molecule has 0 amide bonds. The van der Waals surface area contributed by atoms with Crippen molar-refractivity contribution in [2.24, 2.45) is 0 Å². The standard InChI is InChI=1S/C12H16O3/c1-12(2,10-6-4-3-5-7-10)15-14-9-11-8-13-11/h3-7,11H,8-9H2,1-2H3. The summed E-state index contributed by atoms with van der Waals surface area (Å²) in [4.78, 5) is 10.5. The normalized spacial score (nSPS) is 20.3. The van der Waals surface area contributed by atoms with Gasteiger partial charge in [0.15, 0.2) is 0 Å². The van der Waals surface area contributed by atoms with Crippen molar-refractivity contribution in [3.63, 3.8) is 0 Å². The minimum atomic E-state index is -0.420. The van der Waals surface area contributed by atoms with Gasteiger partial charge in [-0.25, -0.2) is 9.78 Å². The van der Waals surface area contributed by atoms with E-state index in [0.29, 0.717) is 6.61 Å². The van der Waals surface area contributed by atoms with Gasteiger partial charge in [0.25, 0.3) is 0 Å². The predicted molar refractivity (Wildman–Crippen MR) is 56.2 cm³/mol. The molecule has 0 bridgehead atoms. The number of hydrogen-bond donors (Lipinski definition) is 0. The van der Waals surface area contributed by atoms with Gasteiger partial charge in [0, 0.05) is 0 Å². The smallest absolute Gasteiger partial charge is 0.123 e. The first-order valence-corrected chi connectivity index (χ1v) is 5.16. The van der Waals surface area contributed by atoms with Crippen LogP contribution in [-0.4, -0.2) is 19.3 Å². The van der Waals surface area contributed by atoms with E-state index < -0.39 is 5.60 Å². The molecule has 3 nitrogen and oxygen atoms in total. The lowest BCUT2D eigenvalue weighted by Crippen LogP contribution is -2.22. The fraction of sp³-hybridized carbons (Fsp3) is 0.500. The Morgan fingerprint density at radius 2 is 2.00 bits per heavy atom. The summed E-state index contributed by atoms with van der Waals surface area (Å²) in [5, 5.41) is 0. The molecule has 2 rings (SSSR count). The molecule has 1 atom stereocenters. The third kappa shape index (κ3) is 3.02. The molecule has 0 saturated carbocycles. The average Bonchev–Trinajstić information content (AvgIpc) is 3.03. The molecular formula is C12H16O3. The number of hydrogen-bond acceptors (Lipinski definition) is 3. The van der Waals surface area contributed by atoms with E-state index in [-0.39, 0.29) is 6.10 Å². The molecule has 0 aliphatic carbocycles. The first kappa shape index (κ1) is 10.6. The van der Waals surface area contributed by atoms with Crippen molar-refractivity contribution in [2.45, 2.75) is 25.6 Å². The molecule has 1 heterocycles. The van der Waals surface area contributed by atoms with Gasteiger partial charge in [0.1, 0.15) is 18.3 Å². The Bertz CT molecular complexity index is 304. The molecular weight excluding hydrogens is 192 g/mol. The number of benzene rings is 1. The first-order chi connectivity index (χ1) is 7.18. The van der Waals surface area contributed by atoms with Crippen LogP contribution in [0.3, 0.4) is 0 Å². The van der Waals surface area contributed by atoms with E-state index in [9.17, 15) is 0 Å². The van der Waals surface area contributed by atoms with Crippen molar-refractivity contribution < 1.29 is 14.5 Å². The van der Waals surface area contributed by atoms with Gasteiger partial charge in [-0.05, 0) is 19.4 Å². The van der Waals surface area contributed by atoms with E-state index in [0.717, 1.165) is 12.2 Å². The van der Waals surface area contributed by atoms with Gasteiger partial charge in [-0.1, -0.05) is 30.3 Å². The van der Waals surface area contributed by atoms with Crippen LogP contribution >= 0.6 is 0 Å². The zero-order chi connectivity index (χ0) is 10.7. The molecule has 0 spiro atoms. The molecule has 1 fully saturated rings. The van der Waals surface area contributed by atoms with Crippen LogP contribution in [0.5, 0.6) is 0 Å². The van der Waals surface area contributed by atoms with Gasteiger partial charge in [-0.15, -0.1) is 0 Å². The minimum Gasteiger partial charge on any atom is -0.370 e. The van der Waals surface area contributed by atoms with E-state index >= 15 is 0 Å². The quantitative estimate of drug-likeness (QED) is 0.422. The van der Waals surface area contributed by atoms with E-state index in [1.807, 2.05) is 44.2 Å². The maximum atomic E-state index is 5.39. The Kier molecular flexibility index (Phi) is 3.05. The van der Waals surface area contributed by atoms with Crippen molar-refractivity contribution in [1.29, 1.82) is 0 Å². The highest BCUT2D eigenvalue weighted by atomic mass is 17.2. The molecule has 1 aromatic rings. The van der Waals surface area contributed by atoms with E-state index in [1.165, 1.54) is 0 Å². The summed E-state index contributed by atoms with van der Waals surface area (Å²) in [6.45, 7) is 5.26. The number of rotatable bonds is 5. The third-order valence-electron chi connectivity index (χ3n) is 2.39. The topological polar surface area (TPSA) is 31.0 Å². The van der Waals surface area contributed by atoms with Crippen LogP contribution in [0.25, 0.3) is 0 Å². The molecule has 1 aliphatic rings. The molecule has 0 N–H and O–H groups in total. The SMILES string of the molecule is CC(C)(OOCC1CO1)c1ccccc1. The molecule has 0 aromatic heterocycles. The van der Waals surface area contributed by atoms with Crippen molar-refractivity contribution >= 4 is 0 Å². The van der Waals surface area contributed by atoms with Gasteiger partial charge in [0.05, 0.1) is 6.61 Å². The molecule has 0 radical (unpaired) electrons. The van der Waals surface area contributed by atoms with Gasteiger partial charge >= 0.3 is 0 Å². The zero-order valence-electron chi connectivity index (χ0n) is 9.10. The largest absolute Gasteiger partial charge is 0.370 e. The summed E-state index contributed by atoms with van der Waals surface area (Å²) in [6, 6.07) is 10.0. The summed E-state index contributed by atoms with van der Waals surface area (Å²) in [7, 11) is 0. The van der Waals surface area contributed by atoms with Crippen molar-refractivity contribution in [3.8, 4) is 0 Å². The van der Waals surface area contributed by atoms with Gasteiger partial charge < -0.3 is 4.74 Å². The Morgan fingerprint density at radius 3 is 2.60 bits per heavy atom. The predicted octanol–water partition coefficient (Wildman–Crippen LogP) is 2.27. The Labute approximate surface area is 89.9 Å². The maximum Gasteiger partial charge on any atom is 0.123 e. The summed E-state index contributed by atoms with van der Waals surface area (Å²) >= 11 is 0. The maximum absolute atomic E-state index is 5.39. The van der Waals surface area contributed by atoms with Crippen molar-refractivity contribution in [2.75, 3.05) is 13.2 Å². The fourth-order valence-electron chi connectivity index (χ4n) is 1.31. The highest BCUT2D eigenvalue weighted by molar-refractivity contribution is 5.20. The molecule has 3 heteroatoms. The second-order valence-electron chi connectivity index (χ2n) is 4.20. The Morgan fingerprint density at radius 1 is 1.33 bits per heavy atom. The van der Waals surface area contributed by atoms with Gasteiger partial charge in [-0.2, -0.15) is 0 Å². The van der Waals surface area contributed by atoms with Crippen LogP contribution in [0.15, 0.2) is 30.3 Å². The summed E-state index contributed by atoms with van der Waals surface area (Å²) in [5.41, 5.74) is 0.678. The molecule has 1 unspecified atom stereocenters. The second kappa shape index (κ2) is 4.31.